The fourth-order valence-electron chi connectivity index (χ4n) is 3.04. The molecule has 1 aliphatic carbocycles. The number of rotatable bonds is 6. The van der Waals surface area contributed by atoms with E-state index in [4.69, 9.17) is 16.3 Å². The Morgan fingerprint density at radius 3 is 2.65 bits per heavy atom. The van der Waals surface area contributed by atoms with Crippen molar-refractivity contribution in [2.24, 2.45) is 11.8 Å². The number of carbonyl (C=O) groups is 2. The van der Waals surface area contributed by atoms with Crippen molar-refractivity contribution in [1.82, 2.24) is 5.32 Å². The highest BCUT2D eigenvalue weighted by Crippen LogP contribution is 2.31. The number of carboxylic acid groups (broad SMARTS) is 1. The lowest BCUT2D eigenvalue weighted by Crippen LogP contribution is -2.39. The topological polar surface area (TPSA) is 75.6 Å². The molecule has 1 amide bonds. The normalized spacial score (nSPS) is 20.8. The highest BCUT2D eigenvalue weighted by Gasteiger charge is 2.35. The predicted molar refractivity (Wildman–Crippen MR) is 87.6 cm³/mol. The minimum Gasteiger partial charge on any atom is -0.494 e. The third kappa shape index (κ3) is 4.61. The lowest BCUT2D eigenvalue weighted by molar-refractivity contribution is -0.148. The number of halogens is 1. The van der Waals surface area contributed by atoms with E-state index in [1.54, 1.807) is 18.2 Å². The van der Waals surface area contributed by atoms with Crippen LogP contribution in [0.2, 0.25) is 5.02 Å². The molecular formula is C17H22ClNO4. The fraction of sp³-hybridized carbons (Fsp3) is 0.529. The van der Waals surface area contributed by atoms with Gasteiger partial charge < -0.3 is 15.2 Å². The molecule has 6 heteroatoms. The smallest absolute Gasteiger partial charge is 0.307 e. The fourth-order valence-corrected chi connectivity index (χ4v) is 3.23. The summed E-state index contributed by atoms with van der Waals surface area (Å²) in [7, 11) is 0. The van der Waals surface area contributed by atoms with Gasteiger partial charge in [0.1, 0.15) is 5.75 Å². The van der Waals surface area contributed by atoms with E-state index in [9.17, 15) is 14.7 Å². The highest BCUT2D eigenvalue weighted by atomic mass is 35.5. The summed E-state index contributed by atoms with van der Waals surface area (Å²) in [5.74, 6) is -1.47. The monoisotopic (exact) mass is 339 g/mol. The predicted octanol–water partition coefficient (Wildman–Crippen LogP) is 3.25. The molecular weight excluding hydrogens is 318 g/mol. The molecule has 0 aromatic heterocycles. The van der Waals surface area contributed by atoms with Crippen LogP contribution < -0.4 is 10.1 Å². The maximum atomic E-state index is 12.4. The van der Waals surface area contributed by atoms with Crippen LogP contribution in [0.25, 0.3) is 0 Å². The van der Waals surface area contributed by atoms with Crippen molar-refractivity contribution >= 4 is 23.5 Å². The van der Waals surface area contributed by atoms with Gasteiger partial charge in [0.15, 0.2) is 0 Å². The third-order valence-corrected chi connectivity index (χ3v) is 4.43. The Bertz CT molecular complexity index is 576. The Morgan fingerprint density at radius 1 is 1.30 bits per heavy atom. The molecule has 2 atom stereocenters. The van der Waals surface area contributed by atoms with Crippen LogP contribution in [-0.2, 0) is 16.1 Å². The van der Waals surface area contributed by atoms with Gasteiger partial charge in [0, 0.05) is 17.1 Å². The zero-order chi connectivity index (χ0) is 16.8. The quantitative estimate of drug-likeness (QED) is 0.834. The molecule has 1 fully saturated rings. The third-order valence-electron chi connectivity index (χ3n) is 4.20. The summed E-state index contributed by atoms with van der Waals surface area (Å²) >= 11 is 6.00. The summed E-state index contributed by atoms with van der Waals surface area (Å²) in [5.41, 5.74) is 0.787. The van der Waals surface area contributed by atoms with Crippen molar-refractivity contribution in [3.05, 3.63) is 28.8 Å². The van der Waals surface area contributed by atoms with Crippen molar-refractivity contribution in [3.8, 4) is 5.75 Å². The first-order valence-electron chi connectivity index (χ1n) is 7.94. The summed E-state index contributed by atoms with van der Waals surface area (Å²) in [4.78, 5) is 23.7. The molecule has 23 heavy (non-hydrogen) atoms. The molecule has 1 aliphatic rings. The standard InChI is InChI=1S/C17H22ClNO4/c1-2-23-15-8-7-12(18)9-11(15)10-19-16(20)13-5-3-4-6-14(13)17(21)22/h7-9,13-14H,2-6,10H2,1H3,(H,19,20)(H,21,22). The van der Waals surface area contributed by atoms with Gasteiger partial charge in [0.05, 0.1) is 18.4 Å². The Kier molecular flexibility index (Phi) is 6.28. The zero-order valence-corrected chi connectivity index (χ0v) is 13.9. The molecule has 0 saturated heterocycles. The average Bonchev–Trinajstić information content (AvgIpc) is 2.54. The number of carbonyl (C=O) groups excluding carboxylic acids is 1. The van der Waals surface area contributed by atoms with Gasteiger partial charge in [0.2, 0.25) is 5.91 Å². The van der Waals surface area contributed by atoms with Gasteiger partial charge in [-0.1, -0.05) is 24.4 Å². The highest BCUT2D eigenvalue weighted by molar-refractivity contribution is 6.30. The van der Waals surface area contributed by atoms with Gasteiger partial charge >= 0.3 is 5.97 Å². The summed E-state index contributed by atoms with van der Waals surface area (Å²) in [6, 6.07) is 5.26. The maximum Gasteiger partial charge on any atom is 0.307 e. The van der Waals surface area contributed by atoms with Crippen LogP contribution in [-0.4, -0.2) is 23.6 Å². The minimum atomic E-state index is -0.886. The van der Waals surface area contributed by atoms with E-state index in [1.807, 2.05) is 6.92 Å². The van der Waals surface area contributed by atoms with Crippen LogP contribution >= 0.6 is 11.6 Å². The van der Waals surface area contributed by atoms with Crippen LogP contribution in [0.4, 0.5) is 0 Å². The Labute approximate surface area is 141 Å². The largest absolute Gasteiger partial charge is 0.494 e. The van der Waals surface area contributed by atoms with Gasteiger partial charge in [0.25, 0.3) is 0 Å². The molecule has 2 rings (SSSR count). The van der Waals surface area contributed by atoms with Crippen LogP contribution in [0, 0.1) is 11.8 Å². The van der Waals surface area contributed by atoms with Crippen LogP contribution in [0.15, 0.2) is 18.2 Å². The summed E-state index contributed by atoms with van der Waals surface area (Å²) in [6.45, 7) is 2.68. The number of hydrogen-bond acceptors (Lipinski definition) is 3. The molecule has 0 aliphatic heterocycles. The molecule has 0 bridgehead atoms. The first kappa shape index (κ1) is 17.6. The van der Waals surface area contributed by atoms with Gasteiger partial charge in [-0.3, -0.25) is 9.59 Å². The molecule has 1 saturated carbocycles. The lowest BCUT2D eigenvalue weighted by atomic mass is 9.78. The second-order valence-corrected chi connectivity index (χ2v) is 6.17. The van der Waals surface area contributed by atoms with Gasteiger partial charge in [-0.15, -0.1) is 0 Å². The second-order valence-electron chi connectivity index (χ2n) is 5.74. The molecule has 0 radical (unpaired) electrons. The van der Waals surface area contributed by atoms with Gasteiger partial charge in [-0.05, 0) is 38.0 Å². The minimum absolute atomic E-state index is 0.209. The van der Waals surface area contributed by atoms with E-state index in [-0.39, 0.29) is 12.5 Å². The maximum absolute atomic E-state index is 12.4. The van der Waals surface area contributed by atoms with E-state index >= 15 is 0 Å². The Balaban J connectivity index is 2.03. The van der Waals surface area contributed by atoms with Crippen LogP contribution in [0.5, 0.6) is 5.75 Å². The Hall–Kier alpha value is -1.75. The molecule has 0 spiro atoms. The molecule has 2 unspecified atom stereocenters. The van der Waals surface area contributed by atoms with Crippen molar-refractivity contribution in [1.29, 1.82) is 0 Å². The van der Waals surface area contributed by atoms with Crippen molar-refractivity contribution in [2.45, 2.75) is 39.2 Å². The number of hydrogen-bond donors (Lipinski definition) is 2. The van der Waals surface area contributed by atoms with E-state index in [1.165, 1.54) is 0 Å². The van der Waals surface area contributed by atoms with Crippen molar-refractivity contribution < 1.29 is 19.4 Å². The number of benzene rings is 1. The number of aliphatic carboxylic acids is 1. The molecule has 5 nitrogen and oxygen atoms in total. The van der Waals surface area contributed by atoms with Crippen molar-refractivity contribution in [2.75, 3.05) is 6.61 Å². The molecule has 1 aromatic carbocycles. The van der Waals surface area contributed by atoms with Crippen LogP contribution in [0.3, 0.4) is 0 Å². The average molecular weight is 340 g/mol. The first-order chi connectivity index (χ1) is 11.0. The van der Waals surface area contributed by atoms with E-state index in [2.05, 4.69) is 5.32 Å². The SMILES string of the molecule is CCOc1ccc(Cl)cc1CNC(=O)C1CCCCC1C(=O)O. The van der Waals surface area contributed by atoms with E-state index in [0.29, 0.717) is 30.2 Å². The number of amides is 1. The Morgan fingerprint density at radius 2 is 2.00 bits per heavy atom. The van der Waals surface area contributed by atoms with Gasteiger partial charge in [-0.25, -0.2) is 0 Å². The van der Waals surface area contributed by atoms with Crippen LogP contribution in [0.1, 0.15) is 38.2 Å². The number of ether oxygens (including phenoxy) is 1. The molecule has 0 heterocycles. The summed E-state index contributed by atoms with van der Waals surface area (Å²) in [6.07, 6.45) is 2.94. The van der Waals surface area contributed by atoms with E-state index < -0.39 is 17.8 Å². The first-order valence-corrected chi connectivity index (χ1v) is 8.32. The summed E-state index contributed by atoms with van der Waals surface area (Å²) in [5, 5.41) is 12.7. The van der Waals surface area contributed by atoms with Crippen molar-refractivity contribution in [3.63, 3.8) is 0 Å². The van der Waals surface area contributed by atoms with Gasteiger partial charge in [-0.2, -0.15) is 0 Å². The molecule has 1 aromatic rings. The summed E-state index contributed by atoms with van der Waals surface area (Å²) < 4.78 is 5.53. The lowest BCUT2D eigenvalue weighted by Gasteiger charge is -2.27. The zero-order valence-electron chi connectivity index (χ0n) is 13.2. The number of carboxylic acids is 1. The van der Waals surface area contributed by atoms with E-state index in [0.717, 1.165) is 18.4 Å². The molecule has 126 valence electrons. The second kappa shape index (κ2) is 8.20. The molecule has 2 N–H and O–H groups in total. The number of nitrogens with one attached hydrogen (secondary N) is 1.